The van der Waals surface area contributed by atoms with Gasteiger partial charge in [-0.25, -0.2) is 0 Å². The maximum atomic E-state index is 12.2. The van der Waals surface area contributed by atoms with Crippen LogP contribution in [0.3, 0.4) is 0 Å². The maximum Gasteiger partial charge on any atom is 0.274 e. The number of nitrogens with zero attached hydrogens (tertiary/aromatic N) is 4. The Hall–Kier alpha value is -3.02. The second kappa shape index (κ2) is 7.04. The Morgan fingerprint density at radius 2 is 1.83 bits per heavy atom. The highest BCUT2D eigenvalue weighted by Gasteiger charge is 2.14. The van der Waals surface area contributed by atoms with Crippen LogP contribution in [0.15, 0.2) is 48.7 Å². The number of carbonyl (C=O) groups is 1. The summed E-state index contributed by atoms with van der Waals surface area (Å²) in [6.45, 7) is 5.19. The Morgan fingerprint density at radius 1 is 1.04 bits per heavy atom. The van der Waals surface area contributed by atoms with E-state index in [4.69, 9.17) is 0 Å². The molecule has 0 aliphatic rings. The minimum atomic E-state index is -0.106. The molecule has 0 aliphatic carbocycles. The van der Waals surface area contributed by atoms with Gasteiger partial charge in [0.1, 0.15) is 0 Å². The summed E-state index contributed by atoms with van der Waals surface area (Å²) in [7, 11) is 0. The monoisotopic (exact) mass is 321 g/mol. The van der Waals surface area contributed by atoms with Gasteiger partial charge >= 0.3 is 0 Å². The number of nitrogens with one attached hydrogen (secondary N) is 1. The summed E-state index contributed by atoms with van der Waals surface area (Å²) < 4.78 is 0. The normalized spacial score (nSPS) is 10.6. The Labute approximate surface area is 140 Å². The van der Waals surface area contributed by atoms with Gasteiger partial charge in [0.15, 0.2) is 11.5 Å². The predicted octanol–water partition coefficient (Wildman–Crippen LogP) is 3.25. The van der Waals surface area contributed by atoms with Crippen LogP contribution in [0.2, 0.25) is 0 Å². The molecule has 1 amide bonds. The molecule has 0 unspecified atom stereocenters. The van der Waals surface area contributed by atoms with Crippen LogP contribution in [-0.2, 0) is 0 Å². The molecule has 2 aromatic heterocycles. The van der Waals surface area contributed by atoms with E-state index in [0.717, 1.165) is 16.6 Å². The zero-order valence-corrected chi connectivity index (χ0v) is 13.7. The van der Waals surface area contributed by atoms with E-state index in [2.05, 4.69) is 20.5 Å². The third-order valence-electron chi connectivity index (χ3n) is 3.83. The number of hydrogen-bond donors (Lipinski definition) is 1. The molecule has 0 spiro atoms. The summed E-state index contributed by atoms with van der Waals surface area (Å²) >= 11 is 0. The van der Waals surface area contributed by atoms with Crippen molar-refractivity contribution in [3.05, 3.63) is 54.4 Å². The molecule has 0 saturated carbocycles. The average molecular weight is 321 g/mol. The van der Waals surface area contributed by atoms with Gasteiger partial charge in [-0.3, -0.25) is 9.78 Å². The molecule has 24 heavy (non-hydrogen) atoms. The summed E-state index contributed by atoms with van der Waals surface area (Å²) in [4.78, 5) is 18.4. The SMILES string of the molecule is CCN(CC)C(=O)c1ccc(Nc2cccc3cccnc23)nn1. The molecular formula is C18H19N5O. The largest absolute Gasteiger partial charge is 0.338 e. The number of para-hydroxylation sites is 1. The quantitative estimate of drug-likeness (QED) is 0.781. The molecular weight excluding hydrogens is 302 g/mol. The van der Waals surface area contributed by atoms with Gasteiger partial charge < -0.3 is 10.2 Å². The fourth-order valence-electron chi connectivity index (χ4n) is 2.53. The Morgan fingerprint density at radius 3 is 2.54 bits per heavy atom. The first-order valence-electron chi connectivity index (χ1n) is 7.96. The van der Waals surface area contributed by atoms with Crippen molar-refractivity contribution in [1.82, 2.24) is 20.1 Å². The van der Waals surface area contributed by atoms with Crippen LogP contribution in [0, 0.1) is 0 Å². The molecule has 0 radical (unpaired) electrons. The Balaban J connectivity index is 1.82. The summed E-state index contributed by atoms with van der Waals surface area (Å²) in [5, 5.41) is 12.4. The van der Waals surface area contributed by atoms with Gasteiger partial charge in [-0.15, -0.1) is 10.2 Å². The van der Waals surface area contributed by atoms with E-state index in [0.29, 0.717) is 24.6 Å². The minimum Gasteiger partial charge on any atom is -0.338 e. The van der Waals surface area contributed by atoms with Gasteiger partial charge in [-0.1, -0.05) is 18.2 Å². The van der Waals surface area contributed by atoms with Crippen molar-refractivity contribution in [2.24, 2.45) is 0 Å². The topological polar surface area (TPSA) is 71.0 Å². The van der Waals surface area contributed by atoms with Gasteiger partial charge in [0.2, 0.25) is 0 Å². The molecule has 1 N–H and O–H groups in total. The van der Waals surface area contributed by atoms with Crippen molar-refractivity contribution in [2.45, 2.75) is 13.8 Å². The van der Waals surface area contributed by atoms with Crippen LogP contribution in [0.5, 0.6) is 0 Å². The van der Waals surface area contributed by atoms with E-state index in [1.54, 1.807) is 23.2 Å². The molecule has 1 aromatic carbocycles. The fraction of sp³-hybridized carbons (Fsp3) is 0.222. The second-order valence-corrected chi connectivity index (χ2v) is 5.29. The average Bonchev–Trinajstić information content (AvgIpc) is 2.63. The lowest BCUT2D eigenvalue weighted by atomic mass is 10.2. The standard InChI is InChI=1S/C18H19N5O/c1-3-23(4-2)18(24)15-10-11-16(22-21-15)20-14-9-5-7-13-8-6-12-19-17(13)14/h5-12H,3-4H2,1-2H3,(H,20,22). The Bertz CT molecular complexity index is 838. The van der Waals surface area contributed by atoms with Gasteiger partial charge in [0.05, 0.1) is 11.2 Å². The van der Waals surface area contributed by atoms with Crippen LogP contribution >= 0.6 is 0 Å². The second-order valence-electron chi connectivity index (χ2n) is 5.29. The third kappa shape index (κ3) is 3.17. The molecule has 0 fully saturated rings. The number of hydrogen-bond acceptors (Lipinski definition) is 5. The van der Waals surface area contributed by atoms with Crippen molar-refractivity contribution >= 4 is 28.3 Å². The lowest BCUT2D eigenvalue weighted by molar-refractivity contribution is 0.0766. The predicted molar refractivity (Wildman–Crippen MR) is 94.3 cm³/mol. The van der Waals surface area contributed by atoms with Crippen molar-refractivity contribution in [1.29, 1.82) is 0 Å². The molecule has 122 valence electrons. The molecule has 0 atom stereocenters. The number of anilines is 2. The zero-order valence-electron chi connectivity index (χ0n) is 13.7. The van der Waals surface area contributed by atoms with Gasteiger partial charge in [-0.2, -0.15) is 0 Å². The van der Waals surface area contributed by atoms with E-state index in [-0.39, 0.29) is 5.91 Å². The highest BCUT2D eigenvalue weighted by Crippen LogP contribution is 2.23. The fourth-order valence-corrected chi connectivity index (χ4v) is 2.53. The lowest BCUT2D eigenvalue weighted by Gasteiger charge is -2.17. The van der Waals surface area contributed by atoms with E-state index >= 15 is 0 Å². The van der Waals surface area contributed by atoms with Crippen LogP contribution in [-0.4, -0.2) is 39.1 Å². The number of aromatic nitrogens is 3. The minimum absolute atomic E-state index is 0.106. The third-order valence-corrected chi connectivity index (χ3v) is 3.83. The first kappa shape index (κ1) is 15.9. The number of rotatable bonds is 5. The van der Waals surface area contributed by atoms with E-state index < -0.39 is 0 Å². The van der Waals surface area contributed by atoms with Crippen molar-refractivity contribution in [3.8, 4) is 0 Å². The molecule has 3 aromatic rings. The molecule has 2 heterocycles. The number of pyridine rings is 1. The van der Waals surface area contributed by atoms with E-state index in [1.165, 1.54) is 0 Å². The van der Waals surface area contributed by atoms with Crippen molar-refractivity contribution in [2.75, 3.05) is 18.4 Å². The number of benzene rings is 1. The van der Waals surface area contributed by atoms with Crippen LogP contribution in [0.1, 0.15) is 24.3 Å². The smallest absolute Gasteiger partial charge is 0.274 e. The summed E-state index contributed by atoms with van der Waals surface area (Å²) in [6.07, 6.45) is 1.76. The first-order valence-corrected chi connectivity index (χ1v) is 7.96. The number of carbonyl (C=O) groups excluding carboxylic acids is 1. The number of amides is 1. The Kier molecular flexibility index (Phi) is 4.65. The highest BCUT2D eigenvalue weighted by atomic mass is 16.2. The summed E-state index contributed by atoms with van der Waals surface area (Å²) in [6, 6.07) is 13.2. The first-order chi connectivity index (χ1) is 11.7. The summed E-state index contributed by atoms with van der Waals surface area (Å²) in [5.41, 5.74) is 2.07. The van der Waals surface area contributed by atoms with Crippen molar-refractivity contribution < 1.29 is 4.79 Å². The lowest BCUT2D eigenvalue weighted by Crippen LogP contribution is -2.31. The molecule has 6 nitrogen and oxygen atoms in total. The zero-order chi connectivity index (χ0) is 16.9. The van der Waals surface area contributed by atoms with E-state index in [1.807, 2.05) is 44.2 Å². The highest BCUT2D eigenvalue weighted by molar-refractivity contribution is 5.93. The molecule has 6 heteroatoms. The van der Waals surface area contributed by atoms with Crippen molar-refractivity contribution in [3.63, 3.8) is 0 Å². The van der Waals surface area contributed by atoms with Crippen LogP contribution in [0.4, 0.5) is 11.5 Å². The molecule has 0 saturated heterocycles. The maximum absolute atomic E-state index is 12.2. The van der Waals surface area contributed by atoms with E-state index in [9.17, 15) is 4.79 Å². The van der Waals surface area contributed by atoms with Crippen LogP contribution in [0.25, 0.3) is 10.9 Å². The van der Waals surface area contributed by atoms with Gasteiger partial charge in [0, 0.05) is 24.7 Å². The van der Waals surface area contributed by atoms with Gasteiger partial charge in [0.25, 0.3) is 5.91 Å². The molecule has 0 aliphatic heterocycles. The number of fused-ring (bicyclic) bond motifs is 1. The molecule has 0 bridgehead atoms. The summed E-state index contributed by atoms with van der Waals surface area (Å²) in [5.74, 6) is 0.468. The molecule has 3 rings (SSSR count). The van der Waals surface area contributed by atoms with Crippen LogP contribution < -0.4 is 5.32 Å². The van der Waals surface area contributed by atoms with Gasteiger partial charge in [-0.05, 0) is 38.1 Å².